The summed E-state index contributed by atoms with van der Waals surface area (Å²) in [6, 6.07) is 9.45. The molecule has 1 aliphatic rings. The number of hydrogen-bond acceptors (Lipinski definition) is 3. The zero-order valence-corrected chi connectivity index (χ0v) is 10.5. The molecule has 0 aromatic heterocycles. The van der Waals surface area contributed by atoms with Crippen molar-refractivity contribution in [2.24, 2.45) is 5.92 Å². The molecule has 3 nitrogen and oxygen atoms in total. The van der Waals surface area contributed by atoms with Crippen molar-refractivity contribution in [3.8, 4) is 0 Å². The van der Waals surface area contributed by atoms with Gasteiger partial charge in [-0.1, -0.05) is 43.8 Å². The fourth-order valence-corrected chi connectivity index (χ4v) is 2.38. The standard InChI is InChI=1S/C15H18O3/c1-3-14-12(10(2)15(17)18-14)9-13(16)11-7-5-4-6-8-11/h4-8,12-14,16H,2-3,9H2,1H3. The van der Waals surface area contributed by atoms with Crippen LogP contribution in [0, 0.1) is 5.92 Å². The molecule has 0 amide bonds. The lowest BCUT2D eigenvalue weighted by molar-refractivity contribution is -0.139. The first-order valence-corrected chi connectivity index (χ1v) is 6.26. The number of carbonyl (C=O) groups excluding carboxylic acids is 1. The summed E-state index contributed by atoms with van der Waals surface area (Å²) in [5, 5.41) is 10.2. The molecule has 2 rings (SSSR count). The van der Waals surface area contributed by atoms with Gasteiger partial charge in [-0.2, -0.15) is 0 Å². The van der Waals surface area contributed by atoms with E-state index in [-0.39, 0.29) is 18.0 Å². The Labute approximate surface area is 107 Å². The van der Waals surface area contributed by atoms with Gasteiger partial charge in [0.1, 0.15) is 6.10 Å². The zero-order chi connectivity index (χ0) is 13.1. The van der Waals surface area contributed by atoms with E-state index in [4.69, 9.17) is 4.74 Å². The Morgan fingerprint density at radius 1 is 1.39 bits per heavy atom. The maximum absolute atomic E-state index is 11.5. The van der Waals surface area contributed by atoms with Crippen LogP contribution in [0.3, 0.4) is 0 Å². The predicted octanol–water partition coefficient (Wildman–Crippen LogP) is 2.62. The van der Waals surface area contributed by atoms with Gasteiger partial charge in [0.25, 0.3) is 0 Å². The van der Waals surface area contributed by atoms with Gasteiger partial charge in [-0.05, 0) is 18.4 Å². The van der Waals surface area contributed by atoms with Gasteiger partial charge in [-0.15, -0.1) is 0 Å². The van der Waals surface area contributed by atoms with Crippen LogP contribution < -0.4 is 0 Å². The lowest BCUT2D eigenvalue weighted by Gasteiger charge is -2.19. The van der Waals surface area contributed by atoms with Crippen molar-refractivity contribution in [2.75, 3.05) is 0 Å². The van der Waals surface area contributed by atoms with Gasteiger partial charge in [0.15, 0.2) is 0 Å². The largest absolute Gasteiger partial charge is 0.458 e. The highest BCUT2D eigenvalue weighted by atomic mass is 16.6. The molecule has 1 N–H and O–H groups in total. The highest BCUT2D eigenvalue weighted by molar-refractivity contribution is 5.90. The summed E-state index contributed by atoms with van der Waals surface area (Å²) in [5.74, 6) is -0.412. The Morgan fingerprint density at radius 3 is 2.67 bits per heavy atom. The molecule has 1 saturated heterocycles. The minimum absolute atomic E-state index is 0.0855. The summed E-state index contributed by atoms with van der Waals surface area (Å²) >= 11 is 0. The van der Waals surface area contributed by atoms with Gasteiger partial charge in [-0.3, -0.25) is 0 Å². The number of cyclic esters (lactones) is 1. The molecule has 1 aromatic rings. The molecule has 3 heteroatoms. The molecule has 18 heavy (non-hydrogen) atoms. The zero-order valence-electron chi connectivity index (χ0n) is 10.5. The van der Waals surface area contributed by atoms with Crippen molar-refractivity contribution >= 4 is 5.97 Å². The molecule has 3 unspecified atom stereocenters. The molecule has 3 atom stereocenters. The summed E-state index contributed by atoms with van der Waals surface area (Å²) < 4.78 is 5.22. The average Bonchev–Trinajstić information content (AvgIpc) is 2.67. The second kappa shape index (κ2) is 5.36. The van der Waals surface area contributed by atoms with Gasteiger partial charge in [-0.25, -0.2) is 4.79 Å². The summed E-state index contributed by atoms with van der Waals surface area (Å²) in [5.41, 5.74) is 1.34. The monoisotopic (exact) mass is 246 g/mol. The van der Waals surface area contributed by atoms with Gasteiger partial charge in [0.2, 0.25) is 0 Å². The molecule has 0 radical (unpaired) electrons. The molecule has 1 fully saturated rings. The lowest BCUT2D eigenvalue weighted by Crippen LogP contribution is -2.18. The third-order valence-corrected chi connectivity index (χ3v) is 3.48. The van der Waals surface area contributed by atoms with Crippen molar-refractivity contribution in [3.63, 3.8) is 0 Å². The number of carbonyl (C=O) groups is 1. The topological polar surface area (TPSA) is 46.5 Å². The summed E-state index contributed by atoms with van der Waals surface area (Å²) in [6.07, 6.45) is 0.490. The maximum atomic E-state index is 11.5. The van der Waals surface area contributed by atoms with Crippen LogP contribution in [0.25, 0.3) is 0 Å². The van der Waals surface area contributed by atoms with Crippen LogP contribution in [-0.2, 0) is 9.53 Å². The highest BCUT2D eigenvalue weighted by Gasteiger charge is 2.38. The number of aliphatic hydroxyl groups is 1. The molecule has 0 bridgehead atoms. The molecular weight excluding hydrogens is 228 g/mol. The first-order valence-electron chi connectivity index (χ1n) is 6.26. The number of hydrogen-bond donors (Lipinski definition) is 1. The third-order valence-electron chi connectivity index (χ3n) is 3.48. The van der Waals surface area contributed by atoms with E-state index < -0.39 is 6.10 Å². The highest BCUT2D eigenvalue weighted by Crippen LogP contribution is 2.35. The normalized spacial score (nSPS) is 25.0. The quantitative estimate of drug-likeness (QED) is 0.656. The molecule has 0 spiro atoms. The number of rotatable bonds is 4. The minimum atomic E-state index is -0.587. The maximum Gasteiger partial charge on any atom is 0.334 e. The van der Waals surface area contributed by atoms with Gasteiger partial charge >= 0.3 is 5.97 Å². The Balaban J connectivity index is 2.09. The molecule has 0 aliphatic carbocycles. The number of ether oxygens (including phenoxy) is 1. The first kappa shape index (κ1) is 12.8. The second-order valence-corrected chi connectivity index (χ2v) is 4.65. The average molecular weight is 246 g/mol. The first-order chi connectivity index (χ1) is 8.63. The Hall–Kier alpha value is -1.61. The van der Waals surface area contributed by atoms with Crippen molar-refractivity contribution < 1.29 is 14.6 Å². The van der Waals surface area contributed by atoms with E-state index in [1.807, 2.05) is 37.3 Å². The molecule has 1 aromatic carbocycles. The van der Waals surface area contributed by atoms with Crippen LogP contribution in [0.15, 0.2) is 42.5 Å². The van der Waals surface area contributed by atoms with Crippen molar-refractivity contribution in [1.82, 2.24) is 0 Å². The van der Waals surface area contributed by atoms with Crippen molar-refractivity contribution in [1.29, 1.82) is 0 Å². The Morgan fingerprint density at radius 2 is 2.06 bits per heavy atom. The fraction of sp³-hybridized carbons (Fsp3) is 0.400. The van der Waals surface area contributed by atoms with E-state index in [1.54, 1.807) is 0 Å². The van der Waals surface area contributed by atoms with Crippen LogP contribution in [0.4, 0.5) is 0 Å². The molecule has 1 aliphatic heterocycles. The van der Waals surface area contributed by atoms with Gasteiger partial charge in [0, 0.05) is 11.5 Å². The smallest absolute Gasteiger partial charge is 0.334 e. The van der Waals surface area contributed by atoms with Crippen molar-refractivity contribution in [3.05, 3.63) is 48.0 Å². The molecule has 1 heterocycles. The fourth-order valence-electron chi connectivity index (χ4n) is 2.38. The van der Waals surface area contributed by atoms with Gasteiger partial charge < -0.3 is 9.84 Å². The molecular formula is C15H18O3. The van der Waals surface area contributed by atoms with Crippen molar-refractivity contribution in [2.45, 2.75) is 32.0 Å². The number of esters is 1. The molecule has 96 valence electrons. The van der Waals surface area contributed by atoms with E-state index in [0.29, 0.717) is 12.0 Å². The van der Waals surface area contributed by atoms with Crippen LogP contribution in [0.2, 0.25) is 0 Å². The van der Waals surface area contributed by atoms with Crippen LogP contribution in [0.5, 0.6) is 0 Å². The number of aliphatic hydroxyl groups excluding tert-OH is 1. The van der Waals surface area contributed by atoms with E-state index in [2.05, 4.69) is 6.58 Å². The summed E-state index contributed by atoms with van der Waals surface area (Å²) in [7, 11) is 0. The van der Waals surface area contributed by atoms with E-state index in [1.165, 1.54) is 0 Å². The summed E-state index contributed by atoms with van der Waals surface area (Å²) in [6.45, 7) is 5.75. The van der Waals surface area contributed by atoms with E-state index >= 15 is 0 Å². The minimum Gasteiger partial charge on any atom is -0.458 e. The SMILES string of the molecule is C=C1C(=O)OC(CC)C1CC(O)c1ccccc1. The van der Waals surface area contributed by atoms with E-state index in [9.17, 15) is 9.90 Å². The second-order valence-electron chi connectivity index (χ2n) is 4.65. The lowest BCUT2D eigenvalue weighted by atomic mass is 9.88. The Bertz CT molecular complexity index is 438. The summed E-state index contributed by atoms with van der Waals surface area (Å²) in [4.78, 5) is 11.5. The van der Waals surface area contributed by atoms with Crippen LogP contribution >= 0.6 is 0 Å². The predicted molar refractivity (Wildman–Crippen MR) is 68.8 cm³/mol. The number of benzene rings is 1. The van der Waals surface area contributed by atoms with Gasteiger partial charge in [0.05, 0.1) is 6.10 Å². The third kappa shape index (κ3) is 2.46. The van der Waals surface area contributed by atoms with Crippen LogP contribution in [0.1, 0.15) is 31.4 Å². The Kier molecular flexibility index (Phi) is 3.82. The van der Waals surface area contributed by atoms with Crippen LogP contribution in [-0.4, -0.2) is 17.2 Å². The van der Waals surface area contributed by atoms with E-state index in [0.717, 1.165) is 12.0 Å². The molecule has 0 saturated carbocycles.